The smallest absolute Gasteiger partial charge is 0.128 e. The number of nitrogens with one attached hydrogen (secondary N) is 1. The number of thiophene rings is 1. The molecule has 1 nitrogen and oxygen atoms in total. The van der Waals surface area contributed by atoms with Crippen LogP contribution in [-0.4, -0.2) is 6.54 Å². The van der Waals surface area contributed by atoms with E-state index in [1.165, 1.54) is 10.9 Å². The fourth-order valence-electron chi connectivity index (χ4n) is 2.07. The number of hydrogen-bond donors (Lipinski definition) is 1. The molecule has 0 bridgehead atoms. The Morgan fingerprint density at radius 3 is 2.58 bits per heavy atom. The van der Waals surface area contributed by atoms with E-state index in [0.717, 1.165) is 20.4 Å². The van der Waals surface area contributed by atoms with Crippen LogP contribution in [0.3, 0.4) is 0 Å². The molecule has 0 amide bonds. The number of hydrogen-bond acceptors (Lipinski definition) is 2. The molecular formula is C14H14Br2FNS. The lowest BCUT2D eigenvalue weighted by Crippen LogP contribution is -2.23. The van der Waals surface area contributed by atoms with Gasteiger partial charge >= 0.3 is 0 Å². The van der Waals surface area contributed by atoms with Gasteiger partial charge in [0.15, 0.2) is 0 Å². The first-order valence-corrected chi connectivity index (χ1v) is 8.37. The molecule has 0 aliphatic rings. The van der Waals surface area contributed by atoms with Gasteiger partial charge in [-0.05, 0) is 59.2 Å². The first-order valence-electron chi connectivity index (χ1n) is 5.97. The van der Waals surface area contributed by atoms with Crippen molar-refractivity contribution < 1.29 is 4.39 Å². The van der Waals surface area contributed by atoms with Crippen LogP contribution in [0.4, 0.5) is 4.39 Å². The van der Waals surface area contributed by atoms with Crippen molar-refractivity contribution >= 4 is 43.2 Å². The molecule has 5 heteroatoms. The third-order valence-electron chi connectivity index (χ3n) is 2.91. The molecule has 0 fully saturated rings. The second-order valence-corrected chi connectivity index (χ2v) is 7.77. The average Bonchev–Trinajstić information content (AvgIpc) is 2.69. The van der Waals surface area contributed by atoms with Crippen molar-refractivity contribution in [2.75, 3.05) is 6.54 Å². The molecule has 1 unspecified atom stereocenters. The lowest BCUT2D eigenvalue weighted by atomic mass is 9.99. The third-order valence-corrected chi connectivity index (χ3v) is 4.98. The van der Waals surface area contributed by atoms with E-state index in [4.69, 9.17) is 0 Å². The highest BCUT2D eigenvalue weighted by atomic mass is 79.9. The van der Waals surface area contributed by atoms with E-state index in [0.29, 0.717) is 5.56 Å². The van der Waals surface area contributed by atoms with Gasteiger partial charge in [-0.2, -0.15) is 0 Å². The summed E-state index contributed by atoms with van der Waals surface area (Å²) in [6, 6.07) is 7.00. The van der Waals surface area contributed by atoms with Crippen LogP contribution in [0.2, 0.25) is 0 Å². The molecule has 1 atom stereocenters. The summed E-state index contributed by atoms with van der Waals surface area (Å²) < 4.78 is 16.1. The fourth-order valence-corrected chi connectivity index (χ4v) is 4.20. The first kappa shape index (κ1) is 15.2. The van der Waals surface area contributed by atoms with Crippen LogP contribution in [0.25, 0.3) is 0 Å². The molecule has 1 N–H and O–H groups in total. The molecule has 0 aliphatic carbocycles. The highest BCUT2D eigenvalue weighted by Gasteiger charge is 2.20. The maximum Gasteiger partial charge on any atom is 0.128 e. The van der Waals surface area contributed by atoms with Gasteiger partial charge in [0, 0.05) is 14.9 Å². The van der Waals surface area contributed by atoms with Crippen molar-refractivity contribution in [1.82, 2.24) is 5.32 Å². The van der Waals surface area contributed by atoms with Gasteiger partial charge in [-0.1, -0.05) is 22.9 Å². The molecule has 1 heterocycles. The molecule has 102 valence electrons. The maximum atomic E-state index is 14.1. The Morgan fingerprint density at radius 1 is 1.26 bits per heavy atom. The van der Waals surface area contributed by atoms with Gasteiger partial charge in [0.05, 0.1) is 9.83 Å². The molecule has 2 rings (SSSR count). The Hall–Kier alpha value is -0.230. The van der Waals surface area contributed by atoms with Crippen LogP contribution >= 0.6 is 43.2 Å². The van der Waals surface area contributed by atoms with E-state index >= 15 is 0 Å². The van der Waals surface area contributed by atoms with Crippen LogP contribution in [0.15, 0.2) is 32.5 Å². The molecule has 0 spiro atoms. The second kappa shape index (κ2) is 6.48. The lowest BCUT2D eigenvalue weighted by molar-refractivity contribution is 0.558. The van der Waals surface area contributed by atoms with Crippen molar-refractivity contribution in [3.05, 3.63) is 54.3 Å². The second-order valence-electron chi connectivity index (χ2n) is 4.22. The monoisotopic (exact) mass is 405 g/mol. The minimum atomic E-state index is -0.184. The topological polar surface area (TPSA) is 12.0 Å². The van der Waals surface area contributed by atoms with Crippen LogP contribution < -0.4 is 5.32 Å². The minimum Gasteiger partial charge on any atom is -0.306 e. The Balaban J connectivity index is 2.51. The predicted molar refractivity (Wildman–Crippen MR) is 86.4 cm³/mol. The molecule has 0 saturated heterocycles. The number of rotatable bonds is 4. The van der Waals surface area contributed by atoms with Gasteiger partial charge in [-0.3, -0.25) is 0 Å². The van der Waals surface area contributed by atoms with Gasteiger partial charge in [0.2, 0.25) is 0 Å². The average molecular weight is 407 g/mol. The molecule has 2 aromatic rings. The largest absolute Gasteiger partial charge is 0.306 e. The molecule has 0 aliphatic heterocycles. The van der Waals surface area contributed by atoms with Gasteiger partial charge in [0.25, 0.3) is 0 Å². The maximum absolute atomic E-state index is 14.1. The van der Waals surface area contributed by atoms with Crippen LogP contribution in [0.5, 0.6) is 0 Å². The third kappa shape index (κ3) is 3.45. The summed E-state index contributed by atoms with van der Waals surface area (Å²) in [6.07, 6.45) is 0. The Morgan fingerprint density at radius 2 is 2.00 bits per heavy atom. The highest BCUT2D eigenvalue weighted by molar-refractivity contribution is 9.11. The van der Waals surface area contributed by atoms with Crippen molar-refractivity contribution in [3.63, 3.8) is 0 Å². The normalized spacial score (nSPS) is 12.7. The zero-order valence-corrected chi connectivity index (χ0v) is 14.6. The SMILES string of the molecule is CCNC(c1cc(Br)ccc1F)c1cc(Br)sc1C. The standard InChI is InChI=1S/C14H14Br2FNS/c1-3-18-14(10-7-13(16)19-8(10)2)11-6-9(15)4-5-12(11)17/h4-7,14,18H,3H2,1-2H3. The number of halogens is 3. The summed E-state index contributed by atoms with van der Waals surface area (Å²) in [5.74, 6) is -0.184. The fraction of sp³-hybridized carbons (Fsp3) is 0.286. The summed E-state index contributed by atoms with van der Waals surface area (Å²) >= 11 is 8.58. The van der Waals surface area contributed by atoms with Crippen LogP contribution in [0.1, 0.15) is 29.0 Å². The number of aryl methyl sites for hydroxylation is 1. The van der Waals surface area contributed by atoms with Gasteiger partial charge in [0.1, 0.15) is 5.82 Å². The summed E-state index contributed by atoms with van der Waals surface area (Å²) in [7, 11) is 0. The summed E-state index contributed by atoms with van der Waals surface area (Å²) in [4.78, 5) is 1.19. The van der Waals surface area contributed by atoms with Crippen LogP contribution in [0, 0.1) is 12.7 Å². The predicted octanol–water partition coefficient (Wildman–Crippen LogP) is 5.42. The molecular weight excluding hydrogens is 393 g/mol. The zero-order chi connectivity index (χ0) is 14.0. The van der Waals surface area contributed by atoms with Crippen LogP contribution in [-0.2, 0) is 0 Å². The lowest BCUT2D eigenvalue weighted by Gasteiger charge is -2.19. The van der Waals surface area contributed by atoms with E-state index in [1.807, 2.05) is 13.0 Å². The Bertz CT molecular complexity index is 583. The molecule has 0 saturated carbocycles. The van der Waals surface area contributed by atoms with E-state index in [9.17, 15) is 4.39 Å². The van der Waals surface area contributed by atoms with Crippen molar-refractivity contribution in [3.8, 4) is 0 Å². The summed E-state index contributed by atoms with van der Waals surface area (Å²) in [6.45, 7) is 4.87. The van der Waals surface area contributed by atoms with Crippen molar-refractivity contribution in [1.29, 1.82) is 0 Å². The van der Waals surface area contributed by atoms with Gasteiger partial charge in [-0.15, -0.1) is 11.3 Å². The van der Waals surface area contributed by atoms with E-state index in [2.05, 4.69) is 50.2 Å². The molecule has 1 aromatic heterocycles. The highest BCUT2D eigenvalue weighted by Crippen LogP contribution is 2.35. The Kier molecular flexibility index (Phi) is 5.17. The summed E-state index contributed by atoms with van der Waals surface area (Å²) in [5, 5.41) is 3.36. The zero-order valence-electron chi connectivity index (χ0n) is 10.6. The van der Waals surface area contributed by atoms with Crippen molar-refractivity contribution in [2.45, 2.75) is 19.9 Å². The quantitative estimate of drug-likeness (QED) is 0.714. The molecule has 1 aromatic carbocycles. The minimum absolute atomic E-state index is 0.120. The van der Waals surface area contributed by atoms with Crippen molar-refractivity contribution in [2.24, 2.45) is 0 Å². The number of benzene rings is 1. The van der Waals surface area contributed by atoms with E-state index in [1.54, 1.807) is 17.4 Å². The Labute approximate surface area is 133 Å². The van der Waals surface area contributed by atoms with Gasteiger partial charge < -0.3 is 5.32 Å². The first-order chi connectivity index (χ1) is 9.02. The van der Waals surface area contributed by atoms with E-state index in [-0.39, 0.29) is 11.9 Å². The molecule has 19 heavy (non-hydrogen) atoms. The van der Waals surface area contributed by atoms with Gasteiger partial charge in [-0.25, -0.2) is 4.39 Å². The van der Waals surface area contributed by atoms with E-state index < -0.39 is 0 Å². The molecule has 0 radical (unpaired) electrons. The summed E-state index contributed by atoms with van der Waals surface area (Å²) in [5.41, 5.74) is 1.79.